The molecule has 0 radical (unpaired) electrons. The number of rotatable bonds is 5. The molecule has 0 unspecified atom stereocenters. The molecule has 0 atom stereocenters. The highest BCUT2D eigenvalue weighted by molar-refractivity contribution is 5.77. The minimum Gasteiger partial charge on any atom is -0.355 e. The van der Waals surface area contributed by atoms with Crippen molar-refractivity contribution in [2.24, 2.45) is 5.92 Å². The van der Waals surface area contributed by atoms with Crippen LogP contribution in [0.5, 0.6) is 0 Å². The largest absolute Gasteiger partial charge is 0.355 e. The summed E-state index contributed by atoms with van der Waals surface area (Å²) in [4.78, 5) is 11.0. The lowest BCUT2D eigenvalue weighted by atomic mass is 10.2. The van der Waals surface area contributed by atoms with Crippen LogP contribution in [-0.4, -0.2) is 25.5 Å². The SMILES string of the molecule is C#CCNCCNC(=O)C(C)C. The van der Waals surface area contributed by atoms with Gasteiger partial charge in [0.15, 0.2) is 0 Å². The molecule has 0 aliphatic heterocycles. The van der Waals surface area contributed by atoms with E-state index in [0.29, 0.717) is 13.1 Å². The van der Waals surface area contributed by atoms with Crippen LogP contribution in [0.25, 0.3) is 0 Å². The van der Waals surface area contributed by atoms with E-state index >= 15 is 0 Å². The molecule has 0 aromatic carbocycles. The summed E-state index contributed by atoms with van der Waals surface area (Å²) in [5.74, 6) is 2.59. The monoisotopic (exact) mass is 168 g/mol. The molecule has 0 saturated heterocycles. The topological polar surface area (TPSA) is 41.1 Å². The second-order valence-electron chi connectivity index (χ2n) is 2.83. The molecule has 3 nitrogen and oxygen atoms in total. The first-order valence-corrected chi connectivity index (χ1v) is 4.10. The van der Waals surface area contributed by atoms with Crippen molar-refractivity contribution in [1.82, 2.24) is 10.6 Å². The Hall–Kier alpha value is -1.01. The Kier molecular flexibility index (Phi) is 6.12. The third-order valence-electron chi connectivity index (χ3n) is 1.35. The molecule has 0 aliphatic rings. The summed E-state index contributed by atoms with van der Waals surface area (Å²) in [5.41, 5.74) is 0. The highest BCUT2D eigenvalue weighted by Gasteiger charge is 2.03. The molecule has 2 N–H and O–H groups in total. The molecule has 0 fully saturated rings. The molecule has 3 heteroatoms. The Morgan fingerprint density at radius 2 is 2.17 bits per heavy atom. The summed E-state index contributed by atoms with van der Waals surface area (Å²) < 4.78 is 0. The summed E-state index contributed by atoms with van der Waals surface area (Å²) in [6.45, 7) is 5.65. The standard InChI is InChI=1S/C9H16N2O/c1-4-5-10-6-7-11-9(12)8(2)3/h1,8,10H,5-7H2,2-3H3,(H,11,12). The number of nitrogens with one attached hydrogen (secondary N) is 2. The predicted octanol–water partition coefficient (Wildman–Crippen LogP) is -0.0186. The maximum atomic E-state index is 11.0. The van der Waals surface area contributed by atoms with Crippen LogP contribution in [0, 0.1) is 18.3 Å². The summed E-state index contributed by atoms with van der Waals surface area (Å²) in [6, 6.07) is 0. The number of carbonyl (C=O) groups excluding carboxylic acids is 1. The van der Waals surface area contributed by atoms with Crippen LogP contribution in [0.3, 0.4) is 0 Å². The van der Waals surface area contributed by atoms with Crippen LogP contribution in [-0.2, 0) is 4.79 Å². The van der Waals surface area contributed by atoms with Crippen molar-refractivity contribution < 1.29 is 4.79 Å². The second kappa shape index (κ2) is 6.68. The van der Waals surface area contributed by atoms with Gasteiger partial charge in [-0.25, -0.2) is 0 Å². The van der Waals surface area contributed by atoms with Gasteiger partial charge in [-0.3, -0.25) is 4.79 Å². The van der Waals surface area contributed by atoms with Gasteiger partial charge in [0.1, 0.15) is 0 Å². The van der Waals surface area contributed by atoms with Gasteiger partial charge in [-0.15, -0.1) is 6.42 Å². The van der Waals surface area contributed by atoms with Crippen LogP contribution in [0.2, 0.25) is 0 Å². The van der Waals surface area contributed by atoms with Gasteiger partial charge in [-0.2, -0.15) is 0 Å². The average Bonchev–Trinajstić information content (AvgIpc) is 2.03. The van der Waals surface area contributed by atoms with Gasteiger partial charge in [-0.05, 0) is 0 Å². The van der Waals surface area contributed by atoms with Crippen molar-refractivity contribution in [3.63, 3.8) is 0 Å². The summed E-state index contributed by atoms with van der Waals surface area (Å²) in [6.07, 6.45) is 5.02. The zero-order chi connectivity index (χ0) is 9.40. The minimum atomic E-state index is 0.0534. The molecule has 0 aliphatic carbocycles. The van der Waals surface area contributed by atoms with Gasteiger partial charge in [0, 0.05) is 19.0 Å². The predicted molar refractivity (Wildman–Crippen MR) is 49.6 cm³/mol. The number of terminal acetylenes is 1. The molecule has 1 amide bonds. The van der Waals surface area contributed by atoms with Crippen molar-refractivity contribution >= 4 is 5.91 Å². The van der Waals surface area contributed by atoms with E-state index in [1.165, 1.54) is 0 Å². The Morgan fingerprint density at radius 3 is 2.67 bits per heavy atom. The zero-order valence-electron chi connectivity index (χ0n) is 7.68. The van der Waals surface area contributed by atoms with E-state index < -0.39 is 0 Å². The van der Waals surface area contributed by atoms with E-state index in [9.17, 15) is 4.79 Å². The Balaban J connectivity index is 3.21. The van der Waals surface area contributed by atoms with Gasteiger partial charge in [0.05, 0.1) is 6.54 Å². The highest BCUT2D eigenvalue weighted by atomic mass is 16.1. The van der Waals surface area contributed by atoms with E-state index in [1.807, 2.05) is 13.8 Å². The normalized spacial score (nSPS) is 9.50. The zero-order valence-corrected chi connectivity index (χ0v) is 7.68. The molecule has 0 rings (SSSR count). The lowest BCUT2D eigenvalue weighted by Crippen LogP contribution is -2.34. The second-order valence-corrected chi connectivity index (χ2v) is 2.83. The molecular weight excluding hydrogens is 152 g/mol. The molecule has 0 aromatic rings. The quantitative estimate of drug-likeness (QED) is 0.447. The Labute approximate surface area is 73.9 Å². The van der Waals surface area contributed by atoms with Crippen LogP contribution >= 0.6 is 0 Å². The van der Waals surface area contributed by atoms with E-state index in [0.717, 1.165) is 6.54 Å². The first-order chi connectivity index (χ1) is 5.68. The molecule has 0 bridgehead atoms. The molecule has 68 valence electrons. The highest BCUT2D eigenvalue weighted by Crippen LogP contribution is 1.88. The van der Waals surface area contributed by atoms with Crippen molar-refractivity contribution in [2.75, 3.05) is 19.6 Å². The lowest BCUT2D eigenvalue weighted by molar-refractivity contribution is -0.123. The van der Waals surface area contributed by atoms with E-state index in [4.69, 9.17) is 6.42 Å². The first-order valence-electron chi connectivity index (χ1n) is 4.10. The van der Waals surface area contributed by atoms with Crippen LogP contribution in [0.1, 0.15) is 13.8 Å². The summed E-state index contributed by atoms with van der Waals surface area (Å²) in [7, 11) is 0. The molecular formula is C9H16N2O. The van der Waals surface area contributed by atoms with Crippen LogP contribution in [0.15, 0.2) is 0 Å². The van der Waals surface area contributed by atoms with Crippen molar-refractivity contribution in [3.8, 4) is 12.3 Å². The maximum Gasteiger partial charge on any atom is 0.222 e. The molecule has 0 aromatic heterocycles. The molecule has 0 heterocycles. The average molecular weight is 168 g/mol. The summed E-state index contributed by atoms with van der Waals surface area (Å²) >= 11 is 0. The number of hydrogen-bond acceptors (Lipinski definition) is 2. The van der Waals surface area contributed by atoms with Gasteiger partial charge in [-0.1, -0.05) is 19.8 Å². The molecule has 0 spiro atoms. The van der Waals surface area contributed by atoms with Crippen LogP contribution < -0.4 is 10.6 Å². The van der Waals surface area contributed by atoms with Gasteiger partial charge >= 0.3 is 0 Å². The fourth-order valence-corrected chi connectivity index (χ4v) is 0.639. The van der Waals surface area contributed by atoms with Gasteiger partial charge < -0.3 is 10.6 Å². The third kappa shape index (κ3) is 5.75. The van der Waals surface area contributed by atoms with Crippen molar-refractivity contribution in [1.29, 1.82) is 0 Å². The fourth-order valence-electron chi connectivity index (χ4n) is 0.639. The van der Waals surface area contributed by atoms with Gasteiger partial charge in [0.2, 0.25) is 5.91 Å². The minimum absolute atomic E-state index is 0.0534. The third-order valence-corrected chi connectivity index (χ3v) is 1.35. The molecule has 12 heavy (non-hydrogen) atoms. The van der Waals surface area contributed by atoms with Crippen LogP contribution in [0.4, 0.5) is 0 Å². The number of amides is 1. The van der Waals surface area contributed by atoms with Gasteiger partial charge in [0.25, 0.3) is 0 Å². The first kappa shape index (κ1) is 11.0. The van der Waals surface area contributed by atoms with E-state index in [2.05, 4.69) is 16.6 Å². The fraction of sp³-hybridized carbons (Fsp3) is 0.667. The van der Waals surface area contributed by atoms with E-state index in [1.54, 1.807) is 0 Å². The number of hydrogen-bond donors (Lipinski definition) is 2. The number of carbonyl (C=O) groups is 1. The van der Waals surface area contributed by atoms with Crippen molar-refractivity contribution in [3.05, 3.63) is 0 Å². The van der Waals surface area contributed by atoms with Crippen molar-refractivity contribution in [2.45, 2.75) is 13.8 Å². The maximum absolute atomic E-state index is 11.0. The van der Waals surface area contributed by atoms with E-state index in [-0.39, 0.29) is 11.8 Å². The lowest BCUT2D eigenvalue weighted by Gasteiger charge is -2.06. The smallest absolute Gasteiger partial charge is 0.222 e. The Bertz CT molecular complexity index is 170. The molecule has 0 saturated carbocycles. The Morgan fingerprint density at radius 1 is 1.50 bits per heavy atom. The summed E-state index contributed by atoms with van der Waals surface area (Å²) in [5, 5.41) is 5.75.